The summed E-state index contributed by atoms with van der Waals surface area (Å²) in [4.78, 5) is 6.95. The van der Waals surface area contributed by atoms with E-state index in [2.05, 4.69) is 23.7 Å². The zero-order chi connectivity index (χ0) is 13.4. The van der Waals surface area contributed by atoms with E-state index in [-0.39, 0.29) is 0 Å². The standard InChI is InChI=1S/C15H21N3O/c1-10-5-6-18(8-11(10)2)9-15-17-13-7-12(16)3-4-14(13)19-15/h3-4,7,10-11H,5-6,8-9,16H2,1-2H3. The van der Waals surface area contributed by atoms with Gasteiger partial charge in [-0.1, -0.05) is 13.8 Å². The van der Waals surface area contributed by atoms with Crippen LogP contribution in [0.15, 0.2) is 22.6 Å². The molecule has 0 amide bonds. The molecule has 2 heterocycles. The molecule has 0 radical (unpaired) electrons. The molecule has 19 heavy (non-hydrogen) atoms. The third kappa shape index (κ3) is 2.59. The van der Waals surface area contributed by atoms with E-state index in [1.54, 1.807) is 0 Å². The molecule has 1 aromatic carbocycles. The van der Waals surface area contributed by atoms with Gasteiger partial charge >= 0.3 is 0 Å². The van der Waals surface area contributed by atoms with Crippen molar-refractivity contribution in [2.24, 2.45) is 11.8 Å². The van der Waals surface area contributed by atoms with Gasteiger partial charge in [-0.2, -0.15) is 0 Å². The maximum absolute atomic E-state index is 5.78. The minimum Gasteiger partial charge on any atom is -0.439 e. The number of hydrogen-bond acceptors (Lipinski definition) is 4. The predicted octanol–water partition coefficient (Wildman–Crippen LogP) is 2.89. The van der Waals surface area contributed by atoms with Crippen molar-refractivity contribution in [2.75, 3.05) is 18.8 Å². The van der Waals surface area contributed by atoms with Gasteiger partial charge in [-0.05, 0) is 43.0 Å². The molecule has 0 spiro atoms. The number of anilines is 1. The number of likely N-dealkylation sites (tertiary alicyclic amines) is 1. The maximum atomic E-state index is 5.78. The van der Waals surface area contributed by atoms with Crippen molar-refractivity contribution in [3.63, 3.8) is 0 Å². The van der Waals surface area contributed by atoms with E-state index in [4.69, 9.17) is 10.2 Å². The number of hydrogen-bond donors (Lipinski definition) is 1. The van der Waals surface area contributed by atoms with E-state index in [9.17, 15) is 0 Å². The molecule has 0 bridgehead atoms. The number of fused-ring (bicyclic) bond motifs is 1. The van der Waals surface area contributed by atoms with Gasteiger partial charge in [0.05, 0.1) is 6.54 Å². The fraction of sp³-hybridized carbons (Fsp3) is 0.533. The molecule has 4 nitrogen and oxygen atoms in total. The summed E-state index contributed by atoms with van der Waals surface area (Å²) < 4.78 is 5.78. The Morgan fingerprint density at radius 2 is 2.21 bits per heavy atom. The summed E-state index contributed by atoms with van der Waals surface area (Å²) in [6, 6.07) is 5.60. The van der Waals surface area contributed by atoms with Gasteiger partial charge in [0.2, 0.25) is 5.89 Å². The maximum Gasteiger partial charge on any atom is 0.209 e. The molecule has 0 saturated carbocycles. The lowest BCUT2D eigenvalue weighted by Crippen LogP contribution is -2.37. The van der Waals surface area contributed by atoms with Gasteiger partial charge in [0, 0.05) is 12.2 Å². The lowest BCUT2D eigenvalue weighted by atomic mass is 9.89. The summed E-state index contributed by atoms with van der Waals surface area (Å²) in [5.74, 6) is 2.36. The second kappa shape index (κ2) is 4.85. The Hall–Kier alpha value is -1.55. The molecule has 2 N–H and O–H groups in total. The van der Waals surface area contributed by atoms with E-state index in [1.807, 2.05) is 18.2 Å². The highest BCUT2D eigenvalue weighted by Crippen LogP contribution is 2.25. The first kappa shape index (κ1) is 12.5. The predicted molar refractivity (Wildman–Crippen MR) is 76.6 cm³/mol. The van der Waals surface area contributed by atoms with Crippen molar-refractivity contribution in [2.45, 2.75) is 26.8 Å². The molecular formula is C15H21N3O. The van der Waals surface area contributed by atoms with E-state index in [1.165, 1.54) is 6.42 Å². The summed E-state index contributed by atoms with van der Waals surface area (Å²) in [5.41, 5.74) is 8.17. The molecule has 1 aromatic heterocycles. The number of piperidine rings is 1. The average Bonchev–Trinajstić information content (AvgIpc) is 2.75. The zero-order valence-electron chi connectivity index (χ0n) is 11.6. The van der Waals surface area contributed by atoms with Gasteiger partial charge in [-0.25, -0.2) is 4.98 Å². The van der Waals surface area contributed by atoms with Crippen molar-refractivity contribution in [3.8, 4) is 0 Å². The number of oxazole rings is 1. The van der Waals surface area contributed by atoms with E-state index in [0.717, 1.165) is 54.1 Å². The minimum atomic E-state index is 0.729. The van der Waals surface area contributed by atoms with Gasteiger partial charge in [0.1, 0.15) is 5.52 Å². The molecule has 2 unspecified atom stereocenters. The Labute approximate surface area is 113 Å². The van der Waals surface area contributed by atoms with Crippen LogP contribution in [0.5, 0.6) is 0 Å². The molecule has 1 aliphatic heterocycles. The first-order valence-corrected chi connectivity index (χ1v) is 6.99. The van der Waals surface area contributed by atoms with Gasteiger partial charge in [-0.3, -0.25) is 4.90 Å². The summed E-state index contributed by atoms with van der Waals surface area (Å²) in [5, 5.41) is 0. The van der Waals surface area contributed by atoms with Gasteiger partial charge in [0.15, 0.2) is 5.58 Å². The number of nitrogen functional groups attached to an aromatic ring is 1. The molecule has 102 valence electrons. The summed E-state index contributed by atoms with van der Waals surface area (Å²) in [6.07, 6.45) is 1.26. The SMILES string of the molecule is CC1CCN(Cc2nc3cc(N)ccc3o2)CC1C. The van der Waals surface area contributed by atoms with Gasteiger partial charge < -0.3 is 10.2 Å². The zero-order valence-corrected chi connectivity index (χ0v) is 11.6. The molecule has 1 fully saturated rings. The minimum absolute atomic E-state index is 0.729. The summed E-state index contributed by atoms with van der Waals surface area (Å²) >= 11 is 0. The van der Waals surface area contributed by atoms with E-state index < -0.39 is 0 Å². The smallest absolute Gasteiger partial charge is 0.209 e. The second-order valence-electron chi connectivity index (χ2n) is 5.81. The number of aromatic nitrogens is 1. The topological polar surface area (TPSA) is 55.3 Å². The molecule has 4 heteroatoms. The molecule has 2 aromatic rings. The Kier molecular flexibility index (Phi) is 3.19. The van der Waals surface area contributed by atoms with Crippen LogP contribution in [-0.4, -0.2) is 23.0 Å². The van der Waals surface area contributed by atoms with Crippen molar-refractivity contribution < 1.29 is 4.42 Å². The largest absolute Gasteiger partial charge is 0.439 e. The highest BCUT2D eigenvalue weighted by Gasteiger charge is 2.23. The number of rotatable bonds is 2. The highest BCUT2D eigenvalue weighted by atomic mass is 16.3. The van der Waals surface area contributed by atoms with Crippen molar-refractivity contribution in [3.05, 3.63) is 24.1 Å². The normalized spacial score (nSPS) is 24.9. The molecule has 1 aliphatic rings. The first-order valence-electron chi connectivity index (χ1n) is 6.99. The highest BCUT2D eigenvalue weighted by molar-refractivity contribution is 5.76. The average molecular weight is 259 g/mol. The van der Waals surface area contributed by atoms with E-state index >= 15 is 0 Å². The first-order chi connectivity index (χ1) is 9.11. The van der Waals surface area contributed by atoms with Gasteiger partial charge in [0.25, 0.3) is 0 Å². The Morgan fingerprint density at radius 3 is 3.00 bits per heavy atom. The van der Waals surface area contributed by atoms with Crippen LogP contribution < -0.4 is 5.73 Å². The van der Waals surface area contributed by atoms with E-state index in [0.29, 0.717) is 0 Å². The molecular weight excluding hydrogens is 238 g/mol. The summed E-state index contributed by atoms with van der Waals surface area (Å²) in [7, 11) is 0. The number of nitrogens with zero attached hydrogens (tertiary/aromatic N) is 2. The lowest BCUT2D eigenvalue weighted by Gasteiger charge is -2.34. The summed E-state index contributed by atoms with van der Waals surface area (Å²) in [6.45, 7) is 7.72. The Bertz CT molecular complexity index is 578. The van der Waals surface area contributed by atoms with Crippen LogP contribution in [0.3, 0.4) is 0 Å². The third-order valence-corrected chi connectivity index (χ3v) is 4.23. The lowest BCUT2D eigenvalue weighted by molar-refractivity contribution is 0.123. The number of benzene rings is 1. The van der Waals surface area contributed by atoms with Crippen LogP contribution in [0.25, 0.3) is 11.1 Å². The van der Waals surface area contributed by atoms with Crippen LogP contribution in [-0.2, 0) is 6.54 Å². The van der Waals surface area contributed by atoms with Crippen molar-refractivity contribution in [1.82, 2.24) is 9.88 Å². The second-order valence-corrected chi connectivity index (χ2v) is 5.81. The Balaban J connectivity index is 1.74. The van der Waals surface area contributed by atoms with Crippen LogP contribution in [0, 0.1) is 11.8 Å². The van der Waals surface area contributed by atoms with Crippen molar-refractivity contribution >= 4 is 16.8 Å². The van der Waals surface area contributed by atoms with Crippen LogP contribution >= 0.6 is 0 Å². The van der Waals surface area contributed by atoms with Gasteiger partial charge in [-0.15, -0.1) is 0 Å². The molecule has 2 atom stereocenters. The van der Waals surface area contributed by atoms with Crippen LogP contribution in [0.1, 0.15) is 26.2 Å². The fourth-order valence-electron chi connectivity index (χ4n) is 2.74. The third-order valence-electron chi connectivity index (χ3n) is 4.23. The monoisotopic (exact) mass is 259 g/mol. The van der Waals surface area contributed by atoms with Crippen molar-refractivity contribution in [1.29, 1.82) is 0 Å². The molecule has 3 rings (SSSR count). The molecule has 0 aliphatic carbocycles. The van der Waals surface area contributed by atoms with Crippen LogP contribution in [0.2, 0.25) is 0 Å². The molecule has 1 saturated heterocycles. The quantitative estimate of drug-likeness (QED) is 0.843. The Morgan fingerprint density at radius 1 is 1.37 bits per heavy atom. The number of nitrogens with two attached hydrogens (primary N) is 1. The fourth-order valence-corrected chi connectivity index (χ4v) is 2.74. The van der Waals surface area contributed by atoms with Crippen LogP contribution in [0.4, 0.5) is 5.69 Å².